The molecule has 1 aromatic heterocycles. The summed E-state index contributed by atoms with van der Waals surface area (Å²) in [4.78, 5) is 33.4. The van der Waals surface area contributed by atoms with Crippen LogP contribution < -0.4 is 20.9 Å². The van der Waals surface area contributed by atoms with Crippen molar-refractivity contribution in [3.63, 3.8) is 0 Å². The number of anilines is 1. The molecule has 29 heavy (non-hydrogen) atoms. The summed E-state index contributed by atoms with van der Waals surface area (Å²) in [6.07, 6.45) is 0. The second-order valence-corrected chi connectivity index (χ2v) is 6.60. The molecule has 0 spiro atoms. The van der Waals surface area contributed by atoms with Crippen LogP contribution in [0.5, 0.6) is 11.6 Å². The molecule has 3 aromatic rings. The highest BCUT2D eigenvalue weighted by atomic mass is 16.5. The summed E-state index contributed by atoms with van der Waals surface area (Å²) in [5.41, 5.74) is 0.701. The Morgan fingerprint density at radius 2 is 1.83 bits per heavy atom. The molecule has 3 rings (SSSR count). The standard InChI is InChI=1S/C21H22N4O4/c1-13(22-14-6-5-7-16(12-14)24(2)3)18-19(26)23-21(28)25(20(18)27)15-8-10-17(29-4)11-9-15/h5-12,27H,1-4H3,(H,23,26,28). The molecule has 0 amide bonds. The van der Waals surface area contributed by atoms with Crippen molar-refractivity contribution < 1.29 is 9.84 Å². The Bertz CT molecular complexity index is 1170. The van der Waals surface area contributed by atoms with Crippen molar-refractivity contribution in [1.82, 2.24) is 9.55 Å². The van der Waals surface area contributed by atoms with Crippen LogP contribution in [-0.4, -0.2) is 41.6 Å². The second-order valence-electron chi connectivity index (χ2n) is 6.60. The van der Waals surface area contributed by atoms with Gasteiger partial charge in [-0.1, -0.05) is 6.07 Å². The number of H-pyrrole nitrogens is 1. The molecule has 0 fully saturated rings. The van der Waals surface area contributed by atoms with Gasteiger partial charge >= 0.3 is 5.69 Å². The molecule has 1 heterocycles. The monoisotopic (exact) mass is 394 g/mol. The zero-order chi connectivity index (χ0) is 21.1. The Kier molecular flexibility index (Phi) is 5.54. The van der Waals surface area contributed by atoms with E-state index in [-0.39, 0.29) is 11.3 Å². The Hall–Kier alpha value is -3.81. The van der Waals surface area contributed by atoms with Crippen molar-refractivity contribution in [3.05, 3.63) is 74.9 Å². The molecule has 150 valence electrons. The van der Waals surface area contributed by atoms with E-state index in [9.17, 15) is 14.7 Å². The van der Waals surface area contributed by atoms with E-state index in [0.29, 0.717) is 17.1 Å². The van der Waals surface area contributed by atoms with E-state index in [4.69, 9.17) is 4.74 Å². The number of rotatable bonds is 5. The number of nitrogens with one attached hydrogen (secondary N) is 1. The first-order chi connectivity index (χ1) is 13.8. The third-order valence-corrected chi connectivity index (χ3v) is 4.42. The van der Waals surface area contributed by atoms with Gasteiger partial charge in [-0.25, -0.2) is 9.36 Å². The predicted octanol–water partition coefficient (Wildman–Crippen LogP) is 2.45. The number of ether oxygens (including phenoxy) is 1. The number of methoxy groups -OCH3 is 1. The summed E-state index contributed by atoms with van der Waals surface area (Å²) in [7, 11) is 5.36. The van der Waals surface area contributed by atoms with Crippen molar-refractivity contribution in [2.75, 3.05) is 26.1 Å². The molecule has 8 nitrogen and oxygen atoms in total. The van der Waals surface area contributed by atoms with Crippen molar-refractivity contribution >= 4 is 17.1 Å². The lowest BCUT2D eigenvalue weighted by Gasteiger charge is -2.13. The highest BCUT2D eigenvalue weighted by Gasteiger charge is 2.18. The highest BCUT2D eigenvalue weighted by molar-refractivity contribution is 6.01. The summed E-state index contributed by atoms with van der Waals surface area (Å²) in [5, 5.41) is 10.7. The summed E-state index contributed by atoms with van der Waals surface area (Å²) in [5.74, 6) is 0.124. The third kappa shape index (κ3) is 4.06. The fourth-order valence-corrected chi connectivity index (χ4v) is 2.91. The average Bonchev–Trinajstić information content (AvgIpc) is 2.68. The van der Waals surface area contributed by atoms with Crippen LogP contribution in [-0.2, 0) is 0 Å². The largest absolute Gasteiger partial charge is 0.497 e. The molecule has 0 saturated carbocycles. The molecular formula is C21H22N4O4. The Labute approximate surface area is 167 Å². The number of hydrogen-bond acceptors (Lipinski definition) is 6. The molecule has 0 unspecified atom stereocenters. The molecule has 0 aliphatic carbocycles. The molecule has 2 aromatic carbocycles. The lowest BCUT2D eigenvalue weighted by atomic mass is 10.2. The summed E-state index contributed by atoms with van der Waals surface area (Å²) >= 11 is 0. The van der Waals surface area contributed by atoms with E-state index in [2.05, 4.69) is 9.98 Å². The number of aliphatic imine (C=N–C) groups is 1. The molecule has 0 aliphatic heterocycles. The van der Waals surface area contributed by atoms with Gasteiger partial charge in [0.15, 0.2) is 0 Å². The minimum atomic E-state index is -0.746. The Morgan fingerprint density at radius 1 is 1.14 bits per heavy atom. The van der Waals surface area contributed by atoms with Crippen molar-refractivity contribution in [2.24, 2.45) is 4.99 Å². The fraction of sp³-hybridized carbons (Fsp3) is 0.190. The molecule has 0 radical (unpaired) electrons. The van der Waals surface area contributed by atoms with Gasteiger partial charge in [-0.2, -0.15) is 0 Å². The third-order valence-electron chi connectivity index (χ3n) is 4.42. The minimum Gasteiger partial charge on any atom is -0.497 e. The first-order valence-corrected chi connectivity index (χ1v) is 8.87. The fourth-order valence-electron chi connectivity index (χ4n) is 2.91. The number of hydrogen-bond donors (Lipinski definition) is 2. The molecule has 2 N–H and O–H groups in total. The smallest absolute Gasteiger partial charge is 0.335 e. The van der Waals surface area contributed by atoms with E-state index < -0.39 is 17.1 Å². The quantitative estimate of drug-likeness (QED) is 0.648. The Balaban J connectivity index is 2.13. The van der Waals surface area contributed by atoms with Gasteiger partial charge in [0, 0.05) is 19.8 Å². The maximum absolute atomic E-state index is 12.4. The molecule has 0 saturated heterocycles. The van der Waals surface area contributed by atoms with Crippen LogP contribution in [0.4, 0.5) is 11.4 Å². The number of benzene rings is 2. The molecule has 8 heteroatoms. The van der Waals surface area contributed by atoms with Gasteiger partial charge in [0.1, 0.15) is 11.3 Å². The number of aromatic hydroxyl groups is 1. The van der Waals surface area contributed by atoms with Crippen molar-refractivity contribution in [1.29, 1.82) is 0 Å². The molecule has 0 aliphatic rings. The first kappa shape index (κ1) is 19.9. The molecule has 0 bridgehead atoms. The van der Waals surface area contributed by atoms with Crippen LogP contribution in [0.1, 0.15) is 12.5 Å². The summed E-state index contributed by atoms with van der Waals surface area (Å²) < 4.78 is 6.13. The van der Waals surface area contributed by atoms with E-state index in [1.165, 1.54) is 7.11 Å². The van der Waals surface area contributed by atoms with Crippen molar-refractivity contribution in [3.8, 4) is 17.3 Å². The maximum atomic E-state index is 12.4. The number of aromatic nitrogens is 2. The van der Waals surface area contributed by atoms with Gasteiger partial charge in [-0.05, 0) is 49.4 Å². The van der Waals surface area contributed by atoms with Gasteiger partial charge in [0.05, 0.1) is 24.2 Å². The van der Waals surface area contributed by atoms with E-state index >= 15 is 0 Å². The first-order valence-electron chi connectivity index (χ1n) is 8.87. The number of aromatic amines is 1. The van der Waals surface area contributed by atoms with E-state index in [0.717, 1.165) is 10.3 Å². The Morgan fingerprint density at radius 3 is 2.45 bits per heavy atom. The van der Waals surface area contributed by atoms with Crippen LogP contribution in [0, 0.1) is 0 Å². The van der Waals surface area contributed by atoms with Gasteiger partial charge in [0.25, 0.3) is 5.56 Å². The van der Waals surface area contributed by atoms with Gasteiger partial charge in [0.2, 0.25) is 5.88 Å². The highest BCUT2D eigenvalue weighted by Crippen LogP contribution is 2.23. The maximum Gasteiger partial charge on any atom is 0.335 e. The topological polar surface area (TPSA) is 99.9 Å². The van der Waals surface area contributed by atoms with Crippen LogP contribution in [0.3, 0.4) is 0 Å². The summed E-state index contributed by atoms with van der Waals surface area (Å²) in [6, 6.07) is 13.9. The zero-order valence-corrected chi connectivity index (χ0v) is 16.6. The lowest BCUT2D eigenvalue weighted by Crippen LogP contribution is -2.32. The van der Waals surface area contributed by atoms with Crippen LogP contribution in [0.2, 0.25) is 0 Å². The van der Waals surface area contributed by atoms with E-state index in [1.807, 2.05) is 37.2 Å². The van der Waals surface area contributed by atoms with Gasteiger partial charge in [-0.3, -0.25) is 14.8 Å². The molecule has 0 atom stereocenters. The van der Waals surface area contributed by atoms with Crippen molar-refractivity contribution in [2.45, 2.75) is 6.92 Å². The minimum absolute atomic E-state index is 0.0734. The molecular weight excluding hydrogens is 372 g/mol. The van der Waals surface area contributed by atoms with Crippen LogP contribution in [0.15, 0.2) is 63.1 Å². The summed E-state index contributed by atoms with van der Waals surface area (Å²) in [6.45, 7) is 1.61. The van der Waals surface area contributed by atoms with Crippen LogP contribution in [0.25, 0.3) is 5.69 Å². The SMILES string of the molecule is COc1ccc(-n2c(O)c(C(C)=Nc3cccc(N(C)C)c3)c(=O)[nH]c2=O)cc1. The van der Waals surface area contributed by atoms with Gasteiger partial charge in [-0.15, -0.1) is 0 Å². The zero-order valence-electron chi connectivity index (χ0n) is 16.6. The number of nitrogens with zero attached hydrogens (tertiary/aromatic N) is 3. The average molecular weight is 394 g/mol. The van der Waals surface area contributed by atoms with Crippen LogP contribution >= 0.6 is 0 Å². The predicted molar refractivity (Wildman–Crippen MR) is 114 cm³/mol. The van der Waals surface area contributed by atoms with Gasteiger partial charge < -0.3 is 14.7 Å². The van der Waals surface area contributed by atoms with E-state index in [1.54, 1.807) is 37.3 Å². The lowest BCUT2D eigenvalue weighted by molar-refractivity contribution is 0.414. The second kappa shape index (κ2) is 8.05. The normalized spacial score (nSPS) is 11.4.